The Morgan fingerprint density at radius 3 is 2.71 bits per heavy atom. The van der Waals surface area contributed by atoms with Gasteiger partial charge < -0.3 is 20.3 Å². The van der Waals surface area contributed by atoms with Gasteiger partial charge in [0, 0.05) is 12.6 Å². The predicted octanol–water partition coefficient (Wildman–Crippen LogP) is 2.37. The van der Waals surface area contributed by atoms with Crippen LogP contribution in [0.3, 0.4) is 0 Å². The maximum Gasteiger partial charge on any atom is 0.339 e. The topological polar surface area (TPSA) is 79.4 Å². The van der Waals surface area contributed by atoms with Gasteiger partial charge >= 0.3 is 5.97 Å². The molecule has 1 aromatic carbocycles. The molecule has 0 aliphatic rings. The Morgan fingerprint density at radius 1 is 1.21 bits per heavy atom. The molecule has 0 saturated heterocycles. The van der Waals surface area contributed by atoms with Crippen LogP contribution in [-0.2, 0) is 4.74 Å². The third kappa shape index (κ3) is 5.20. The van der Waals surface area contributed by atoms with Crippen molar-refractivity contribution >= 4 is 23.3 Å². The Balaban J connectivity index is 2.03. The van der Waals surface area contributed by atoms with Crippen LogP contribution in [0.1, 0.15) is 16.8 Å². The fraction of sp³-hybridized carbons (Fsp3) is 0.353. The lowest BCUT2D eigenvalue weighted by atomic mass is 10.2. The minimum Gasteiger partial charge on any atom is -0.465 e. The monoisotopic (exact) mass is 329 g/mol. The zero-order valence-corrected chi connectivity index (χ0v) is 14.2. The van der Waals surface area contributed by atoms with Crippen LogP contribution in [0.15, 0.2) is 36.7 Å². The second-order valence-corrected chi connectivity index (χ2v) is 5.53. The van der Waals surface area contributed by atoms with Crippen LogP contribution in [0.25, 0.3) is 0 Å². The molecular formula is C17H23N5O2. The number of anilines is 3. The molecule has 0 amide bonds. The van der Waals surface area contributed by atoms with Gasteiger partial charge in [-0.1, -0.05) is 12.1 Å². The predicted molar refractivity (Wildman–Crippen MR) is 94.8 cm³/mol. The maximum atomic E-state index is 11.8. The quantitative estimate of drug-likeness (QED) is 0.568. The number of nitrogens with one attached hydrogen (secondary N) is 2. The van der Waals surface area contributed by atoms with Crippen LogP contribution in [0.4, 0.5) is 17.3 Å². The van der Waals surface area contributed by atoms with Crippen LogP contribution in [0, 0.1) is 0 Å². The van der Waals surface area contributed by atoms with Crippen LogP contribution < -0.4 is 10.6 Å². The van der Waals surface area contributed by atoms with E-state index in [2.05, 4.69) is 25.5 Å². The molecule has 7 nitrogen and oxygen atoms in total. The summed E-state index contributed by atoms with van der Waals surface area (Å²) in [5, 5.41) is 6.40. The third-order valence-electron chi connectivity index (χ3n) is 3.35. The first-order chi connectivity index (χ1) is 11.6. The van der Waals surface area contributed by atoms with Crippen molar-refractivity contribution in [2.45, 2.75) is 6.42 Å². The Labute approximate surface area is 142 Å². The summed E-state index contributed by atoms with van der Waals surface area (Å²) in [6.45, 7) is 1.84. The number of carbonyl (C=O) groups is 1. The number of hydrogen-bond acceptors (Lipinski definition) is 7. The summed E-state index contributed by atoms with van der Waals surface area (Å²) in [6.07, 6.45) is 2.50. The lowest BCUT2D eigenvalue weighted by Crippen LogP contribution is -2.16. The van der Waals surface area contributed by atoms with Crippen molar-refractivity contribution in [2.24, 2.45) is 0 Å². The molecule has 7 heteroatoms. The molecule has 0 spiro atoms. The lowest BCUT2D eigenvalue weighted by molar-refractivity contribution is 0.0602. The Hall–Kier alpha value is -2.67. The second kappa shape index (κ2) is 8.83. The first-order valence-electron chi connectivity index (χ1n) is 7.75. The van der Waals surface area contributed by atoms with E-state index in [0.717, 1.165) is 25.3 Å². The number of para-hydroxylation sites is 1. The standard InChI is InChI=1S/C17H23N5O2/c1-22(2)10-6-9-18-15-11-16(20-12-19-15)21-14-8-5-4-7-13(14)17(23)24-3/h4-5,7-8,11-12H,6,9-10H2,1-3H3,(H2,18,19,20,21). The maximum absolute atomic E-state index is 11.8. The lowest BCUT2D eigenvalue weighted by Gasteiger charge is -2.12. The fourth-order valence-electron chi connectivity index (χ4n) is 2.15. The Kier molecular flexibility index (Phi) is 6.51. The number of nitrogens with zero attached hydrogens (tertiary/aromatic N) is 3. The zero-order chi connectivity index (χ0) is 17.4. The summed E-state index contributed by atoms with van der Waals surface area (Å²) < 4.78 is 4.80. The number of benzene rings is 1. The highest BCUT2D eigenvalue weighted by Gasteiger charge is 2.11. The average Bonchev–Trinajstić information content (AvgIpc) is 2.59. The molecule has 1 aromatic heterocycles. The van der Waals surface area contributed by atoms with E-state index in [1.165, 1.54) is 13.4 Å². The summed E-state index contributed by atoms with van der Waals surface area (Å²) in [5.74, 6) is 0.951. The number of methoxy groups -OCH3 is 1. The van der Waals surface area contributed by atoms with Gasteiger partial charge in [-0.25, -0.2) is 14.8 Å². The van der Waals surface area contributed by atoms with Crippen LogP contribution in [0.5, 0.6) is 0 Å². The molecule has 0 bridgehead atoms. The first kappa shape index (κ1) is 17.7. The first-order valence-corrected chi connectivity index (χ1v) is 7.75. The summed E-state index contributed by atoms with van der Waals surface area (Å²) in [7, 11) is 5.45. The van der Waals surface area contributed by atoms with Gasteiger partial charge in [0.15, 0.2) is 0 Å². The molecular weight excluding hydrogens is 306 g/mol. The van der Waals surface area contributed by atoms with Gasteiger partial charge in [-0.15, -0.1) is 0 Å². The van der Waals surface area contributed by atoms with E-state index in [1.807, 2.05) is 26.2 Å². The van der Waals surface area contributed by atoms with Crippen molar-refractivity contribution in [3.63, 3.8) is 0 Å². The molecule has 2 rings (SSSR count). The molecule has 1 heterocycles. The number of hydrogen-bond donors (Lipinski definition) is 2. The van der Waals surface area contributed by atoms with E-state index < -0.39 is 5.97 Å². The minimum atomic E-state index is -0.394. The van der Waals surface area contributed by atoms with Crippen molar-refractivity contribution in [3.05, 3.63) is 42.2 Å². The summed E-state index contributed by atoms with van der Waals surface area (Å²) in [4.78, 5) is 22.3. The van der Waals surface area contributed by atoms with Crippen LogP contribution in [-0.4, -0.2) is 55.1 Å². The van der Waals surface area contributed by atoms with Gasteiger partial charge in [0.05, 0.1) is 18.4 Å². The molecule has 0 fully saturated rings. The number of ether oxygens (including phenoxy) is 1. The van der Waals surface area contributed by atoms with E-state index in [0.29, 0.717) is 17.1 Å². The van der Waals surface area contributed by atoms with Crippen molar-refractivity contribution in [1.29, 1.82) is 0 Å². The highest BCUT2D eigenvalue weighted by Crippen LogP contribution is 2.21. The highest BCUT2D eigenvalue weighted by molar-refractivity contribution is 5.96. The molecule has 2 N–H and O–H groups in total. The molecule has 0 radical (unpaired) electrons. The van der Waals surface area contributed by atoms with Gasteiger partial charge in [-0.05, 0) is 39.2 Å². The van der Waals surface area contributed by atoms with Crippen LogP contribution in [0.2, 0.25) is 0 Å². The Morgan fingerprint density at radius 2 is 1.96 bits per heavy atom. The van der Waals surface area contributed by atoms with E-state index in [-0.39, 0.29) is 0 Å². The van der Waals surface area contributed by atoms with Gasteiger partial charge in [-0.3, -0.25) is 0 Å². The van der Waals surface area contributed by atoms with E-state index in [4.69, 9.17) is 4.74 Å². The van der Waals surface area contributed by atoms with Gasteiger partial charge in [0.25, 0.3) is 0 Å². The Bertz CT molecular complexity index is 676. The molecule has 2 aromatic rings. The fourth-order valence-corrected chi connectivity index (χ4v) is 2.15. The van der Waals surface area contributed by atoms with E-state index in [9.17, 15) is 4.79 Å². The van der Waals surface area contributed by atoms with E-state index in [1.54, 1.807) is 18.2 Å². The van der Waals surface area contributed by atoms with Crippen LogP contribution >= 0.6 is 0 Å². The van der Waals surface area contributed by atoms with Gasteiger partial charge in [-0.2, -0.15) is 0 Å². The van der Waals surface area contributed by atoms with Gasteiger partial charge in [0.1, 0.15) is 18.0 Å². The normalized spacial score (nSPS) is 10.5. The second-order valence-electron chi connectivity index (χ2n) is 5.53. The van der Waals surface area contributed by atoms with Gasteiger partial charge in [0.2, 0.25) is 0 Å². The number of rotatable bonds is 8. The molecule has 128 valence electrons. The summed E-state index contributed by atoms with van der Waals surface area (Å²) >= 11 is 0. The molecule has 0 aliphatic heterocycles. The number of aromatic nitrogens is 2. The minimum absolute atomic E-state index is 0.394. The molecule has 0 atom stereocenters. The largest absolute Gasteiger partial charge is 0.465 e. The third-order valence-corrected chi connectivity index (χ3v) is 3.35. The van der Waals surface area contributed by atoms with Crippen molar-refractivity contribution in [3.8, 4) is 0 Å². The number of esters is 1. The average molecular weight is 329 g/mol. The smallest absolute Gasteiger partial charge is 0.339 e. The van der Waals surface area contributed by atoms with Crippen molar-refractivity contribution < 1.29 is 9.53 Å². The van der Waals surface area contributed by atoms with Crippen molar-refractivity contribution in [2.75, 3.05) is 44.9 Å². The molecule has 0 saturated carbocycles. The summed E-state index contributed by atoms with van der Waals surface area (Å²) in [6, 6.07) is 8.95. The SMILES string of the molecule is COC(=O)c1ccccc1Nc1cc(NCCCN(C)C)ncn1. The highest BCUT2D eigenvalue weighted by atomic mass is 16.5. The zero-order valence-electron chi connectivity index (χ0n) is 14.2. The molecule has 0 aliphatic carbocycles. The van der Waals surface area contributed by atoms with E-state index >= 15 is 0 Å². The summed E-state index contributed by atoms with van der Waals surface area (Å²) in [5.41, 5.74) is 1.10. The number of carbonyl (C=O) groups excluding carboxylic acids is 1. The molecule has 24 heavy (non-hydrogen) atoms. The van der Waals surface area contributed by atoms with Crippen molar-refractivity contribution in [1.82, 2.24) is 14.9 Å². The molecule has 0 unspecified atom stereocenters.